The summed E-state index contributed by atoms with van der Waals surface area (Å²) in [6, 6.07) is 4.87. The molecular formula is C12H17NO3. The molecule has 0 saturated carbocycles. The molecule has 0 aromatic heterocycles. The topological polar surface area (TPSA) is 72.5 Å². The largest absolute Gasteiger partial charge is 0.496 e. The van der Waals surface area contributed by atoms with E-state index in [2.05, 4.69) is 0 Å². The zero-order valence-electron chi connectivity index (χ0n) is 9.56. The van der Waals surface area contributed by atoms with E-state index in [0.29, 0.717) is 5.75 Å². The zero-order valence-corrected chi connectivity index (χ0v) is 9.56. The molecule has 4 nitrogen and oxygen atoms in total. The second kappa shape index (κ2) is 5.51. The quantitative estimate of drug-likeness (QED) is 0.787. The minimum absolute atomic E-state index is 0.284. The molecule has 0 aliphatic rings. The van der Waals surface area contributed by atoms with E-state index >= 15 is 0 Å². The highest BCUT2D eigenvalue weighted by Crippen LogP contribution is 2.21. The maximum atomic E-state index is 10.7. The van der Waals surface area contributed by atoms with Crippen molar-refractivity contribution in [3.05, 3.63) is 29.3 Å². The van der Waals surface area contributed by atoms with E-state index in [1.54, 1.807) is 7.11 Å². The van der Waals surface area contributed by atoms with E-state index < -0.39 is 12.0 Å². The lowest BCUT2D eigenvalue weighted by Crippen LogP contribution is -2.32. The van der Waals surface area contributed by atoms with Gasteiger partial charge < -0.3 is 15.6 Å². The lowest BCUT2D eigenvalue weighted by atomic mass is 10.0. The molecule has 0 bridgehead atoms. The maximum absolute atomic E-state index is 10.7. The van der Waals surface area contributed by atoms with Gasteiger partial charge >= 0.3 is 5.97 Å². The number of rotatable bonds is 5. The monoisotopic (exact) mass is 223 g/mol. The van der Waals surface area contributed by atoms with E-state index in [1.165, 1.54) is 0 Å². The number of benzene rings is 1. The molecule has 1 atom stereocenters. The average molecular weight is 223 g/mol. The molecule has 0 fully saturated rings. The fraction of sp³-hybridized carbons (Fsp3) is 0.417. The van der Waals surface area contributed by atoms with Crippen molar-refractivity contribution in [1.82, 2.24) is 0 Å². The molecule has 0 saturated heterocycles. The first-order chi connectivity index (χ1) is 7.58. The number of hydrogen-bond donors (Lipinski definition) is 2. The van der Waals surface area contributed by atoms with Gasteiger partial charge in [0, 0.05) is 6.42 Å². The van der Waals surface area contributed by atoms with Crippen molar-refractivity contribution in [1.29, 1.82) is 0 Å². The third kappa shape index (κ3) is 2.97. The lowest BCUT2D eigenvalue weighted by molar-refractivity contribution is -0.138. The number of carboxylic acids is 1. The summed E-state index contributed by atoms with van der Waals surface area (Å²) in [4.78, 5) is 10.7. The molecule has 88 valence electrons. The Kier molecular flexibility index (Phi) is 4.31. The van der Waals surface area contributed by atoms with Crippen LogP contribution in [0.3, 0.4) is 0 Å². The molecule has 0 spiro atoms. The number of methoxy groups -OCH3 is 1. The molecule has 4 heteroatoms. The van der Waals surface area contributed by atoms with Gasteiger partial charge in [0.1, 0.15) is 11.8 Å². The van der Waals surface area contributed by atoms with Crippen molar-refractivity contribution in [3.63, 3.8) is 0 Å². The van der Waals surface area contributed by atoms with Crippen LogP contribution < -0.4 is 10.5 Å². The number of carbonyl (C=O) groups is 1. The van der Waals surface area contributed by atoms with Crippen molar-refractivity contribution in [3.8, 4) is 5.75 Å². The molecule has 0 heterocycles. The number of nitrogens with two attached hydrogens (primary N) is 1. The van der Waals surface area contributed by atoms with Crippen molar-refractivity contribution < 1.29 is 14.6 Å². The first-order valence-corrected chi connectivity index (χ1v) is 5.22. The maximum Gasteiger partial charge on any atom is 0.320 e. The number of hydrogen-bond acceptors (Lipinski definition) is 3. The fourth-order valence-electron chi connectivity index (χ4n) is 1.54. The Labute approximate surface area is 95.0 Å². The van der Waals surface area contributed by atoms with Crippen LogP contribution in [0, 0.1) is 0 Å². The van der Waals surface area contributed by atoms with Crippen LogP contribution in [0.4, 0.5) is 0 Å². The average Bonchev–Trinajstić information content (AvgIpc) is 2.28. The first-order valence-electron chi connectivity index (χ1n) is 5.22. The van der Waals surface area contributed by atoms with E-state index in [0.717, 1.165) is 17.5 Å². The zero-order chi connectivity index (χ0) is 12.1. The summed E-state index contributed by atoms with van der Waals surface area (Å²) in [5, 5.41) is 8.77. The highest BCUT2D eigenvalue weighted by atomic mass is 16.5. The van der Waals surface area contributed by atoms with Crippen LogP contribution in [0.1, 0.15) is 18.1 Å². The summed E-state index contributed by atoms with van der Waals surface area (Å²) in [5.41, 5.74) is 7.50. The molecule has 1 rings (SSSR count). The summed E-state index contributed by atoms with van der Waals surface area (Å²) in [6.45, 7) is 2.04. The van der Waals surface area contributed by atoms with Crippen LogP contribution in [-0.4, -0.2) is 24.2 Å². The highest BCUT2D eigenvalue weighted by molar-refractivity contribution is 5.73. The smallest absolute Gasteiger partial charge is 0.320 e. The third-order valence-corrected chi connectivity index (χ3v) is 2.51. The van der Waals surface area contributed by atoms with Gasteiger partial charge in [-0.1, -0.05) is 19.1 Å². The minimum Gasteiger partial charge on any atom is -0.496 e. The normalized spacial score (nSPS) is 12.2. The summed E-state index contributed by atoms with van der Waals surface area (Å²) >= 11 is 0. The summed E-state index contributed by atoms with van der Waals surface area (Å²) < 4.78 is 5.18. The highest BCUT2D eigenvalue weighted by Gasteiger charge is 2.15. The predicted molar refractivity (Wildman–Crippen MR) is 61.7 cm³/mol. The Morgan fingerprint density at radius 1 is 1.56 bits per heavy atom. The second-order valence-corrected chi connectivity index (χ2v) is 3.65. The van der Waals surface area contributed by atoms with Crippen LogP contribution in [0.25, 0.3) is 0 Å². The number of aryl methyl sites for hydroxylation is 1. The van der Waals surface area contributed by atoms with Gasteiger partial charge in [0.25, 0.3) is 0 Å². The summed E-state index contributed by atoms with van der Waals surface area (Å²) in [7, 11) is 1.57. The number of carboxylic acid groups (broad SMARTS) is 1. The molecule has 16 heavy (non-hydrogen) atoms. The Morgan fingerprint density at radius 2 is 2.25 bits per heavy atom. The van der Waals surface area contributed by atoms with E-state index in [4.69, 9.17) is 15.6 Å². The van der Waals surface area contributed by atoms with Gasteiger partial charge in [0.15, 0.2) is 0 Å². The van der Waals surface area contributed by atoms with Gasteiger partial charge in [-0.2, -0.15) is 0 Å². The molecule has 0 amide bonds. The summed E-state index contributed by atoms with van der Waals surface area (Å²) in [6.07, 6.45) is 1.19. The standard InChI is InChI=1S/C12H17NO3/c1-3-8-4-5-11(16-2)9(6-8)7-10(13)12(14)15/h4-6,10H,3,7,13H2,1-2H3,(H,14,15)/t10-/m1/s1. The van der Waals surface area contributed by atoms with Gasteiger partial charge in [-0.15, -0.1) is 0 Å². The first kappa shape index (κ1) is 12.5. The van der Waals surface area contributed by atoms with Gasteiger partial charge in [-0.25, -0.2) is 0 Å². The van der Waals surface area contributed by atoms with Crippen LogP contribution in [0.5, 0.6) is 5.75 Å². The van der Waals surface area contributed by atoms with Crippen molar-refractivity contribution in [2.75, 3.05) is 7.11 Å². The molecule has 1 aromatic rings. The van der Waals surface area contributed by atoms with E-state index in [-0.39, 0.29) is 6.42 Å². The van der Waals surface area contributed by atoms with Crippen LogP contribution in [0.15, 0.2) is 18.2 Å². The van der Waals surface area contributed by atoms with Crippen LogP contribution >= 0.6 is 0 Å². The van der Waals surface area contributed by atoms with Crippen molar-refractivity contribution in [2.45, 2.75) is 25.8 Å². The van der Waals surface area contributed by atoms with Gasteiger partial charge in [-0.3, -0.25) is 4.79 Å². The Balaban J connectivity index is 2.95. The fourth-order valence-corrected chi connectivity index (χ4v) is 1.54. The lowest BCUT2D eigenvalue weighted by Gasteiger charge is -2.12. The van der Waals surface area contributed by atoms with Crippen molar-refractivity contribution in [2.24, 2.45) is 5.73 Å². The Bertz CT molecular complexity index is 377. The molecule has 3 N–H and O–H groups in total. The molecule has 0 aliphatic carbocycles. The molecule has 1 aromatic carbocycles. The Morgan fingerprint density at radius 3 is 2.75 bits per heavy atom. The Hall–Kier alpha value is -1.55. The molecule has 0 radical (unpaired) electrons. The molecule has 0 unspecified atom stereocenters. The third-order valence-electron chi connectivity index (χ3n) is 2.51. The summed E-state index contributed by atoms with van der Waals surface area (Å²) in [5.74, 6) is -0.308. The predicted octanol–water partition coefficient (Wildman–Crippen LogP) is 1.21. The van der Waals surface area contributed by atoms with Gasteiger partial charge in [0.2, 0.25) is 0 Å². The SMILES string of the molecule is CCc1ccc(OC)c(C[C@@H](N)C(=O)O)c1. The van der Waals surface area contributed by atoms with Crippen LogP contribution in [-0.2, 0) is 17.6 Å². The van der Waals surface area contributed by atoms with E-state index in [9.17, 15) is 4.79 Å². The molecular weight excluding hydrogens is 206 g/mol. The molecule has 0 aliphatic heterocycles. The van der Waals surface area contributed by atoms with Crippen molar-refractivity contribution >= 4 is 5.97 Å². The van der Waals surface area contributed by atoms with Crippen LogP contribution in [0.2, 0.25) is 0 Å². The number of aliphatic carboxylic acids is 1. The van der Waals surface area contributed by atoms with E-state index in [1.807, 2.05) is 25.1 Å². The second-order valence-electron chi connectivity index (χ2n) is 3.65. The van der Waals surface area contributed by atoms with Gasteiger partial charge in [-0.05, 0) is 23.6 Å². The number of ether oxygens (including phenoxy) is 1. The minimum atomic E-state index is -0.996. The van der Waals surface area contributed by atoms with Gasteiger partial charge in [0.05, 0.1) is 7.11 Å².